The molecule has 0 aromatic heterocycles. The van der Waals surface area contributed by atoms with E-state index in [-0.39, 0.29) is 16.5 Å². The van der Waals surface area contributed by atoms with Crippen molar-refractivity contribution < 1.29 is 9.53 Å². The van der Waals surface area contributed by atoms with Gasteiger partial charge in [-0.2, -0.15) is 0 Å². The summed E-state index contributed by atoms with van der Waals surface area (Å²) < 4.78 is 4.27. The zero-order valence-electron chi connectivity index (χ0n) is 6.11. The first-order valence-electron chi connectivity index (χ1n) is 2.88. The summed E-state index contributed by atoms with van der Waals surface area (Å²) in [5.74, 6) is -0.491. The SMILES string of the molecule is COC(=O)CC(=C(Cl)Cl)C(Cl)Cl. The third kappa shape index (κ3) is 4.41. The first kappa shape index (κ1) is 12.4. The van der Waals surface area contributed by atoms with Crippen molar-refractivity contribution in [1.82, 2.24) is 0 Å². The van der Waals surface area contributed by atoms with Crippen LogP contribution in [0.2, 0.25) is 0 Å². The highest BCUT2D eigenvalue weighted by molar-refractivity contribution is 6.58. The van der Waals surface area contributed by atoms with Crippen molar-refractivity contribution in [3.63, 3.8) is 0 Å². The van der Waals surface area contributed by atoms with E-state index in [2.05, 4.69) is 4.74 Å². The molecule has 0 aliphatic heterocycles. The lowest BCUT2D eigenvalue weighted by atomic mass is 10.2. The number of ether oxygens (including phenoxy) is 1. The summed E-state index contributed by atoms with van der Waals surface area (Å²) in [4.78, 5) is 9.85. The number of carbonyl (C=O) groups is 1. The molecule has 0 saturated heterocycles. The van der Waals surface area contributed by atoms with E-state index in [9.17, 15) is 4.79 Å². The molecular formula is C6H6Cl4O2. The van der Waals surface area contributed by atoms with Crippen LogP contribution in [0.1, 0.15) is 6.42 Å². The van der Waals surface area contributed by atoms with Crippen molar-refractivity contribution in [2.75, 3.05) is 7.11 Å². The minimum atomic E-state index is -0.894. The van der Waals surface area contributed by atoms with Gasteiger partial charge >= 0.3 is 5.97 Å². The van der Waals surface area contributed by atoms with Gasteiger partial charge in [-0.25, -0.2) is 0 Å². The third-order valence-electron chi connectivity index (χ3n) is 1.07. The lowest BCUT2D eigenvalue weighted by molar-refractivity contribution is -0.139. The maximum atomic E-state index is 10.7. The molecule has 2 nitrogen and oxygen atoms in total. The summed E-state index contributed by atoms with van der Waals surface area (Å²) in [5, 5.41) is 0. The molecule has 0 fully saturated rings. The van der Waals surface area contributed by atoms with Crippen LogP contribution in [0.4, 0.5) is 0 Å². The van der Waals surface area contributed by atoms with Crippen LogP contribution >= 0.6 is 46.4 Å². The van der Waals surface area contributed by atoms with Gasteiger partial charge in [0.2, 0.25) is 0 Å². The minimum Gasteiger partial charge on any atom is -0.469 e. The van der Waals surface area contributed by atoms with Crippen LogP contribution in [0.25, 0.3) is 0 Å². The third-order valence-corrected chi connectivity index (χ3v) is 2.08. The van der Waals surface area contributed by atoms with Crippen LogP contribution in [0.3, 0.4) is 0 Å². The van der Waals surface area contributed by atoms with Crippen LogP contribution in [0, 0.1) is 0 Å². The minimum absolute atomic E-state index is 0.101. The Morgan fingerprint density at radius 1 is 1.42 bits per heavy atom. The molecule has 0 N–H and O–H groups in total. The first-order chi connectivity index (χ1) is 5.49. The molecule has 0 aromatic carbocycles. The number of carbonyl (C=O) groups excluding carboxylic acids is 1. The quantitative estimate of drug-likeness (QED) is 0.569. The molecule has 0 heterocycles. The van der Waals surface area contributed by atoms with Crippen molar-refractivity contribution in [1.29, 1.82) is 0 Å². The fourth-order valence-electron chi connectivity index (χ4n) is 0.454. The molecule has 12 heavy (non-hydrogen) atoms. The van der Waals surface area contributed by atoms with Crippen LogP contribution in [0.15, 0.2) is 10.1 Å². The van der Waals surface area contributed by atoms with Crippen LogP contribution in [-0.2, 0) is 9.53 Å². The fraction of sp³-hybridized carbons (Fsp3) is 0.500. The van der Waals surface area contributed by atoms with Gasteiger partial charge in [-0.3, -0.25) is 4.79 Å². The molecule has 0 rings (SSSR count). The van der Waals surface area contributed by atoms with Crippen LogP contribution < -0.4 is 0 Å². The van der Waals surface area contributed by atoms with E-state index in [1.165, 1.54) is 7.11 Å². The van der Waals surface area contributed by atoms with Gasteiger partial charge in [-0.15, -0.1) is 23.2 Å². The van der Waals surface area contributed by atoms with Gasteiger partial charge in [-0.1, -0.05) is 23.2 Å². The molecule has 0 bridgehead atoms. The summed E-state index contributed by atoms with van der Waals surface area (Å²) in [6.45, 7) is 0. The van der Waals surface area contributed by atoms with Gasteiger partial charge < -0.3 is 4.74 Å². The van der Waals surface area contributed by atoms with E-state index in [0.717, 1.165) is 0 Å². The molecule has 0 saturated carbocycles. The normalized spacial score (nSPS) is 9.83. The molecule has 0 amide bonds. The molecule has 0 aliphatic rings. The Bertz CT molecular complexity index is 196. The summed E-state index contributed by atoms with van der Waals surface area (Å²) in [6, 6.07) is 0. The average molecular weight is 252 g/mol. The van der Waals surface area contributed by atoms with Crippen molar-refractivity contribution >= 4 is 52.4 Å². The Balaban J connectivity index is 4.37. The Kier molecular flexibility index (Phi) is 6.10. The lowest BCUT2D eigenvalue weighted by Gasteiger charge is -2.06. The molecule has 0 spiro atoms. The molecule has 6 heteroatoms. The number of methoxy groups -OCH3 is 1. The summed E-state index contributed by atoms with van der Waals surface area (Å²) in [6.07, 6.45) is -0.101. The van der Waals surface area contributed by atoms with E-state index in [4.69, 9.17) is 46.4 Å². The molecule has 0 aliphatic carbocycles. The summed E-state index contributed by atoms with van der Waals surface area (Å²) in [5.41, 5.74) is 0.244. The highest BCUT2D eigenvalue weighted by atomic mass is 35.5. The number of hydrogen-bond donors (Lipinski definition) is 0. The Labute approximate surface area is 90.4 Å². The Morgan fingerprint density at radius 2 is 1.92 bits per heavy atom. The number of hydrogen-bond acceptors (Lipinski definition) is 2. The Hall–Kier alpha value is 0.370. The molecule has 0 radical (unpaired) electrons. The topological polar surface area (TPSA) is 26.3 Å². The number of alkyl halides is 2. The van der Waals surface area contributed by atoms with Gasteiger partial charge in [0, 0.05) is 5.57 Å². The second-order valence-corrected chi connectivity index (χ2v) is 3.88. The lowest BCUT2D eigenvalue weighted by Crippen LogP contribution is -2.06. The van der Waals surface area contributed by atoms with Gasteiger partial charge in [0.05, 0.1) is 13.5 Å². The van der Waals surface area contributed by atoms with Gasteiger partial charge in [0.1, 0.15) is 9.33 Å². The zero-order valence-corrected chi connectivity index (χ0v) is 9.14. The molecule has 0 unspecified atom stereocenters. The second-order valence-electron chi connectivity index (χ2n) is 1.84. The van der Waals surface area contributed by atoms with Gasteiger partial charge in [-0.05, 0) is 0 Å². The van der Waals surface area contributed by atoms with E-state index in [1.807, 2.05) is 0 Å². The molecular weight excluding hydrogens is 246 g/mol. The van der Waals surface area contributed by atoms with Crippen molar-refractivity contribution in [3.05, 3.63) is 10.1 Å². The maximum Gasteiger partial charge on any atom is 0.309 e. The van der Waals surface area contributed by atoms with Crippen molar-refractivity contribution in [2.24, 2.45) is 0 Å². The molecule has 70 valence electrons. The van der Waals surface area contributed by atoms with Crippen LogP contribution in [-0.4, -0.2) is 17.9 Å². The Morgan fingerprint density at radius 3 is 2.17 bits per heavy atom. The van der Waals surface area contributed by atoms with E-state index >= 15 is 0 Å². The standard InChI is InChI=1S/C6H6Cl4O2/c1-12-4(11)2-3(5(7)8)6(9)10/h5H,2H2,1H3. The van der Waals surface area contributed by atoms with E-state index in [1.54, 1.807) is 0 Å². The van der Waals surface area contributed by atoms with Gasteiger partial charge in [0.25, 0.3) is 0 Å². The largest absolute Gasteiger partial charge is 0.469 e. The molecule has 0 aromatic rings. The average Bonchev–Trinajstić information content (AvgIpc) is 1.98. The highest BCUT2D eigenvalue weighted by Crippen LogP contribution is 2.26. The number of rotatable bonds is 3. The summed E-state index contributed by atoms with van der Waals surface area (Å²) in [7, 11) is 1.25. The predicted octanol–water partition coefficient (Wildman–Crippen LogP) is 3.04. The maximum absolute atomic E-state index is 10.7. The highest BCUT2D eigenvalue weighted by Gasteiger charge is 2.16. The first-order valence-corrected chi connectivity index (χ1v) is 4.51. The number of halogens is 4. The fourth-order valence-corrected chi connectivity index (χ4v) is 1.40. The predicted molar refractivity (Wildman–Crippen MR) is 50.9 cm³/mol. The monoisotopic (exact) mass is 250 g/mol. The summed E-state index contributed by atoms with van der Waals surface area (Å²) >= 11 is 21.8. The van der Waals surface area contributed by atoms with E-state index < -0.39 is 10.8 Å². The second kappa shape index (κ2) is 5.92. The van der Waals surface area contributed by atoms with Crippen molar-refractivity contribution in [2.45, 2.75) is 11.3 Å². The van der Waals surface area contributed by atoms with Crippen LogP contribution in [0.5, 0.6) is 0 Å². The smallest absolute Gasteiger partial charge is 0.309 e. The number of esters is 1. The van der Waals surface area contributed by atoms with Gasteiger partial charge in [0.15, 0.2) is 0 Å². The molecule has 0 atom stereocenters. The zero-order chi connectivity index (χ0) is 9.72. The van der Waals surface area contributed by atoms with E-state index in [0.29, 0.717) is 0 Å². The van der Waals surface area contributed by atoms with Crippen molar-refractivity contribution in [3.8, 4) is 0 Å².